The summed E-state index contributed by atoms with van der Waals surface area (Å²) in [5, 5.41) is 15.5. The number of pyridine rings is 1. The Hall–Kier alpha value is -2.91. The van der Waals surface area contributed by atoms with Crippen molar-refractivity contribution in [1.29, 1.82) is 5.26 Å². The van der Waals surface area contributed by atoms with E-state index in [9.17, 15) is 10.1 Å². The Kier molecular flexibility index (Phi) is 4.33. The first-order chi connectivity index (χ1) is 14.4. The second-order valence-corrected chi connectivity index (χ2v) is 9.15. The fourth-order valence-corrected chi connectivity index (χ4v) is 5.12. The fourth-order valence-electron chi connectivity index (χ4n) is 5.12. The molecule has 30 heavy (non-hydrogen) atoms. The van der Waals surface area contributed by atoms with Gasteiger partial charge in [-0.25, -0.2) is 4.68 Å². The molecule has 3 aromatic rings. The number of nitrogens with one attached hydrogen (secondary N) is 1. The molecule has 1 aliphatic carbocycles. The van der Waals surface area contributed by atoms with Crippen LogP contribution in [0.1, 0.15) is 68.1 Å². The number of nitrogens with zero attached hydrogens (tertiary/aromatic N) is 3. The number of hydrogen-bond donors (Lipinski definition) is 1. The van der Waals surface area contributed by atoms with Crippen LogP contribution in [0.4, 0.5) is 0 Å². The van der Waals surface area contributed by atoms with E-state index in [0.29, 0.717) is 0 Å². The predicted octanol–water partition coefficient (Wildman–Crippen LogP) is 4.49. The first-order valence-electron chi connectivity index (χ1n) is 10.7. The first-order valence-corrected chi connectivity index (χ1v) is 10.7. The smallest absolute Gasteiger partial charge is 0.266 e. The van der Waals surface area contributed by atoms with Gasteiger partial charge in [0.2, 0.25) is 0 Å². The summed E-state index contributed by atoms with van der Waals surface area (Å²) in [7, 11) is 0. The maximum atomic E-state index is 12.9. The lowest BCUT2D eigenvalue weighted by atomic mass is 9.87. The van der Waals surface area contributed by atoms with Crippen molar-refractivity contribution in [1.82, 2.24) is 14.8 Å². The molecule has 0 saturated carbocycles. The molecule has 1 aromatic carbocycles. The molecule has 2 aromatic heterocycles. The molecule has 0 bridgehead atoms. The maximum Gasteiger partial charge on any atom is 0.266 e. The number of aryl methyl sites for hydroxylation is 1. The lowest BCUT2D eigenvalue weighted by Crippen LogP contribution is -2.22. The predicted molar refractivity (Wildman–Crippen MR) is 115 cm³/mol. The van der Waals surface area contributed by atoms with Crippen LogP contribution in [0.3, 0.4) is 0 Å². The number of fused-ring (bicyclic) bond motifs is 2. The minimum absolute atomic E-state index is 0.0638. The van der Waals surface area contributed by atoms with Crippen molar-refractivity contribution >= 4 is 10.9 Å². The van der Waals surface area contributed by atoms with E-state index in [1.807, 2.05) is 17.8 Å². The number of aromatic nitrogens is 3. The molecule has 6 nitrogen and oxygen atoms in total. The molecule has 0 spiro atoms. The van der Waals surface area contributed by atoms with Gasteiger partial charge in [-0.3, -0.25) is 4.79 Å². The van der Waals surface area contributed by atoms with E-state index in [1.54, 1.807) is 0 Å². The molecule has 1 saturated heterocycles. The summed E-state index contributed by atoms with van der Waals surface area (Å²) < 4.78 is 7.92. The molecular formula is C24H26N4O2. The van der Waals surface area contributed by atoms with E-state index in [4.69, 9.17) is 4.74 Å². The monoisotopic (exact) mass is 402 g/mol. The largest absolute Gasteiger partial charge is 0.356 e. The minimum atomic E-state index is -0.305. The summed E-state index contributed by atoms with van der Waals surface area (Å²) in [6.07, 6.45) is 6.75. The molecule has 1 aliphatic heterocycles. The van der Waals surface area contributed by atoms with Crippen molar-refractivity contribution in [3.8, 4) is 17.2 Å². The number of nitriles is 1. The van der Waals surface area contributed by atoms with Gasteiger partial charge in [0.15, 0.2) is 6.23 Å². The highest BCUT2D eigenvalue weighted by Crippen LogP contribution is 2.44. The standard InChI is InChI=1S/C24H26N4O2/c1-14-7-8-18-17(13-26-28(18)19-6-4-5-11-30-19)20(14)21-15-9-10-24(2,3)22(15)27-23(29)16(21)12-25/h7-8,13,19H,4-6,9-11H2,1-3H3,(H,27,29). The highest BCUT2D eigenvalue weighted by Gasteiger charge is 2.35. The SMILES string of the molecule is Cc1ccc2c(cnn2C2CCCCO2)c1-c1c2c([nH]c(=O)c1C#N)C(C)(C)CC2. The molecule has 1 atom stereocenters. The lowest BCUT2D eigenvalue weighted by Gasteiger charge is -2.24. The Balaban J connectivity index is 1.81. The number of ether oxygens (including phenoxy) is 1. The third-order valence-corrected chi connectivity index (χ3v) is 6.78. The summed E-state index contributed by atoms with van der Waals surface area (Å²) >= 11 is 0. The summed E-state index contributed by atoms with van der Waals surface area (Å²) in [6.45, 7) is 7.09. The zero-order chi connectivity index (χ0) is 21.0. The van der Waals surface area contributed by atoms with Crippen LogP contribution in [0.2, 0.25) is 0 Å². The van der Waals surface area contributed by atoms with Crippen LogP contribution in [0.15, 0.2) is 23.1 Å². The summed E-state index contributed by atoms with van der Waals surface area (Å²) in [4.78, 5) is 15.9. The number of benzene rings is 1. The van der Waals surface area contributed by atoms with E-state index in [1.165, 1.54) is 0 Å². The number of aromatic amines is 1. The summed E-state index contributed by atoms with van der Waals surface area (Å²) in [5.74, 6) is 0. The highest BCUT2D eigenvalue weighted by molar-refractivity contribution is 5.99. The van der Waals surface area contributed by atoms with Gasteiger partial charge >= 0.3 is 0 Å². The van der Waals surface area contributed by atoms with Gasteiger partial charge in [-0.15, -0.1) is 0 Å². The second-order valence-electron chi connectivity index (χ2n) is 9.15. The normalized spacial score (nSPS) is 20.3. The molecule has 2 aliphatic rings. The number of hydrogen-bond acceptors (Lipinski definition) is 4. The van der Waals surface area contributed by atoms with Gasteiger partial charge in [-0.05, 0) is 61.8 Å². The van der Waals surface area contributed by atoms with E-state index < -0.39 is 0 Å². The van der Waals surface area contributed by atoms with Crippen LogP contribution < -0.4 is 5.56 Å². The van der Waals surface area contributed by atoms with Crippen LogP contribution in [0.25, 0.3) is 22.0 Å². The van der Waals surface area contributed by atoms with Gasteiger partial charge in [0.1, 0.15) is 11.6 Å². The van der Waals surface area contributed by atoms with Gasteiger partial charge in [-0.1, -0.05) is 19.9 Å². The molecule has 1 unspecified atom stereocenters. The Bertz CT molecular complexity index is 1250. The Morgan fingerprint density at radius 2 is 2.13 bits per heavy atom. The molecule has 1 fully saturated rings. The van der Waals surface area contributed by atoms with Crippen LogP contribution in [-0.4, -0.2) is 21.4 Å². The van der Waals surface area contributed by atoms with Crippen LogP contribution in [0, 0.1) is 18.3 Å². The van der Waals surface area contributed by atoms with Gasteiger partial charge in [-0.2, -0.15) is 10.4 Å². The molecule has 0 radical (unpaired) electrons. The van der Waals surface area contributed by atoms with Crippen molar-refractivity contribution in [3.05, 3.63) is 51.1 Å². The quantitative estimate of drug-likeness (QED) is 0.684. The lowest BCUT2D eigenvalue weighted by molar-refractivity contribution is -0.0366. The summed E-state index contributed by atoms with van der Waals surface area (Å²) in [5.41, 5.74) is 5.59. The first kappa shape index (κ1) is 19.1. The Morgan fingerprint density at radius 1 is 1.30 bits per heavy atom. The highest BCUT2D eigenvalue weighted by atomic mass is 16.5. The van der Waals surface area contributed by atoms with Gasteiger partial charge in [0.25, 0.3) is 5.56 Å². The Morgan fingerprint density at radius 3 is 2.87 bits per heavy atom. The molecule has 1 N–H and O–H groups in total. The van der Waals surface area contributed by atoms with Crippen LogP contribution in [0.5, 0.6) is 0 Å². The van der Waals surface area contributed by atoms with Crippen molar-refractivity contribution < 1.29 is 4.74 Å². The average molecular weight is 402 g/mol. The van der Waals surface area contributed by atoms with Crippen LogP contribution >= 0.6 is 0 Å². The zero-order valence-corrected chi connectivity index (χ0v) is 17.7. The third kappa shape index (κ3) is 2.73. The zero-order valence-electron chi connectivity index (χ0n) is 17.7. The second kappa shape index (κ2) is 6.82. The van der Waals surface area contributed by atoms with Crippen molar-refractivity contribution in [2.75, 3.05) is 6.61 Å². The Labute approximate surface area is 175 Å². The molecule has 0 amide bonds. The third-order valence-electron chi connectivity index (χ3n) is 6.78. The maximum absolute atomic E-state index is 12.9. The van der Waals surface area contributed by atoms with Crippen LogP contribution in [-0.2, 0) is 16.6 Å². The van der Waals surface area contributed by atoms with E-state index in [-0.39, 0.29) is 22.8 Å². The van der Waals surface area contributed by atoms with E-state index >= 15 is 0 Å². The fraction of sp³-hybridized carbons (Fsp3) is 0.458. The van der Waals surface area contributed by atoms with Gasteiger partial charge in [0, 0.05) is 28.7 Å². The van der Waals surface area contributed by atoms with E-state index in [0.717, 1.165) is 77.6 Å². The summed E-state index contributed by atoms with van der Waals surface area (Å²) in [6, 6.07) is 6.32. The molecular weight excluding hydrogens is 376 g/mol. The topological polar surface area (TPSA) is 83.7 Å². The van der Waals surface area contributed by atoms with Gasteiger partial charge < -0.3 is 9.72 Å². The van der Waals surface area contributed by atoms with Gasteiger partial charge in [0.05, 0.1) is 11.7 Å². The number of H-pyrrole nitrogens is 1. The average Bonchev–Trinajstić information content (AvgIpc) is 3.29. The molecule has 6 heteroatoms. The van der Waals surface area contributed by atoms with Crippen molar-refractivity contribution in [3.63, 3.8) is 0 Å². The minimum Gasteiger partial charge on any atom is -0.356 e. The molecule has 3 heterocycles. The number of rotatable bonds is 2. The molecule has 154 valence electrons. The van der Waals surface area contributed by atoms with Crippen molar-refractivity contribution in [2.45, 2.75) is 64.5 Å². The van der Waals surface area contributed by atoms with E-state index in [2.05, 4.69) is 42.1 Å². The van der Waals surface area contributed by atoms with Crippen molar-refractivity contribution in [2.24, 2.45) is 0 Å². The molecule has 5 rings (SSSR count).